The van der Waals surface area contributed by atoms with Gasteiger partial charge in [-0.15, -0.1) is 11.3 Å². The predicted octanol–water partition coefficient (Wildman–Crippen LogP) is 3.67. The van der Waals surface area contributed by atoms with Crippen molar-refractivity contribution >= 4 is 17.2 Å². The van der Waals surface area contributed by atoms with Gasteiger partial charge in [-0.2, -0.15) is 0 Å². The molecule has 1 unspecified atom stereocenters. The maximum atomic E-state index is 13.1. The molecule has 2 saturated heterocycles. The van der Waals surface area contributed by atoms with Crippen LogP contribution in [0.4, 0.5) is 0 Å². The summed E-state index contributed by atoms with van der Waals surface area (Å²) in [5.74, 6) is 0.180. The van der Waals surface area contributed by atoms with E-state index in [1.807, 2.05) is 26.1 Å². The highest BCUT2D eigenvalue weighted by Gasteiger charge is 2.41. The van der Waals surface area contributed by atoms with E-state index in [1.165, 1.54) is 30.6 Å². The minimum Gasteiger partial charge on any atom is -0.337 e. The molecule has 2 aliphatic heterocycles. The summed E-state index contributed by atoms with van der Waals surface area (Å²) in [5.41, 5.74) is 2.24. The summed E-state index contributed by atoms with van der Waals surface area (Å²) in [5, 5.41) is 0.974. The number of rotatable bonds is 3. The van der Waals surface area contributed by atoms with Crippen LogP contribution in [0.2, 0.25) is 0 Å². The van der Waals surface area contributed by atoms with Gasteiger partial charge in [0.15, 0.2) is 0 Å². The van der Waals surface area contributed by atoms with Crippen LogP contribution in [0.25, 0.3) is 0 Å². The smallest absolute Gasteiger partial charge is 0.265 e. The van der Waals surface area contributed by atoms with Gasteiger partial charge in [-0.25, -0.2) is 4.98 Å². The van der Waals surface area contributed by atoms with E-state index in [2.05, 4.69) is 31.9 Å². The fourth-order valence-corrected chi connectivity index (χ4v) is 5.64. The number of nitrogens with zero attached hydrogens (tertiary/aromatic N) is 4. The molecule has 6 heteroatoms. The van der Waals surface area contributed by atoms with E-state index >= 15 is 0 Å². The van der Waals surface area contributed by atoms with Crippen LogP contribution in [0, 0.1) is 19.3 Å². The number of carbonyl (C=O) groups is 1. The Bertz CT molecular complexity index is 802. The summed E-state index contributed by atoms with van der Waals surface area (Å²) < 4.78 is 0. The summed E-state index contributed by atoms with van der Waals surface area (Å²) in [6, 6.07) is 6.13. The monoisotopic (exact) mass is 384 g/mol. The molecule has 0 N–H and O–H groups in total. The zero-order chi connectivity index (χ0) is 18.9. The first-order valence-corrected chi connectivity index (χ1v) is 10.7. The van der Waals surface area contributed by atoms with Crippen LogP contribution in [0.3, 0.4) is 0 Å². The third-order valence-corrected chi connectivity index (χ3v) is 6.96. The highest BCUT2D eigenvalue weighted by atomic mass is 32.1. The van der Waals surface area contributed by atoms with Crippen molar-refractivity contribution in [3.05, 3.63) is 45.7 Å². The molecular weight excluding hydrogens is 356 g/mol. The Morgan fingerprint density at radius 2 is 2.00 bits per heavy atom. The fourth-order valence-electron chi connectivity index (χ4n) is 4.75. The van der Waals surface area contributed by atoms with Gasteiger partial charge in [0.2, 0.25) is 0 Å². The van der Waals surface area contributed by atoms with E-state index in [-0.39, 0.29) is 11.3 Å². The molecule has 1 amide bonds. The Balaban J connectivity index is 1.46. The minimum absolute atomic E-state index is 0.180. The van der Waals surface area contributed by atoms with Crippen molar-refractivity contribution in [2.24, 2.45) is 5.41 Å². The first-order valence-electron chi connectivity index (χ1n) is 9.90. The molecule has 0 bridgehead atoms. The van der Waals surface area contributed by atoms with E-state index in [0.29, 0.717) is 0 Å². The number of thiazole rings is 1. The lowest BCUT2D eigenvalue weighted by Gasteiger charge is -2.48. The standard InChI is InChI=1S/C21H28N4OS/c1-16-19(27-17(2)23-16)20(26)25-12-6-9-21(15-25)8-5-11-24(14-21)13-18-7-3-4-10-22-18/h3-4,7,10H,5-6,8-9,11-15H2,1-2H3. The topological polar surface area (TPSA) is 49.3 Å². The van der Waals surface area contributed by atoms with E-state index in [4.69, 9.17) is 0 Å². The van der Waals surface area contributed by atoms with Crippen LogP contribution in [-0.2, 0) is 6.54 Å². The van der Waals surface area contributed by atoms with Crippen LogP contribution in [-0.4, -0.2) is 51.9 Å². The predicted molar refractivity (Wildman–Crippen MR) is 108 cm³/mol. The molecule has 144 valence electrons. The zero-order valence-corrected chi connectivity index (χ0v) is 17.1. The molecule has 0 radical (unpaired) electrons. The minimum atomic E-state index is 0.180. The first kappa shape index (κ1) is 18.6. The number of hydrogen-bond donors (Lipinski definition) is 0. The van der Waals surface area contributed by atoms with Gasteiger partial charge in [-0.05, 0) is 58.2 Å². The van der Waals surface area contributed by atoms with Gasteiger partial charge in [0, 0.05) is 37.8 Å². The van der Waals surface area contributed by atoms with E-state index in [0.717, 1.165) is 60.4 Å². The highest BCUT2D eigenvalue weighted by Crippen LogP contribution is 2.39. The normalized spacial score (nSPS) is 23.7. The Morgan fingerprint density at radius 3 is 2.70 bits per heavy atom. The number of hydrogen-bond acceptors (Lipinski definition) is 5. The van der Waals surface area contributed by atoms with Crippen molar-refractivity contribution in [3.8, 4) is 0 Å². The van der Waals surface area contributed by atoms with Crippen LogP contribution >= 0.6 is 11.3 Å². The molecular formula is C21H28N4OS. The Kier molecular flexibility index (Phi) is 5.28. The first-order chi connectivity index (χ1) is 13.0. The number of aryl methyl sites for hydroxylation is 2. The lowest BCUT2D eigenvalue weighted by atomic mass is 9.73. The van der Waals surface area contributed by atoms with Crippen molar-refractivity contribution in [1.29, 1.82) is 0 Å². The molecule has 2 fully saturated rings. The number of carbonyl (C=O) groups excluding carboxylic acids is 1. The maximum Gasteiger partial charge on any atom is 0.265 e. The zero-order valence-electron chi connectivity index (χ0n) is 16.3. The van der Waals surface area contributed by atoms with Gasteiger partial charge in [0.1, 0.15) is 4.88 Å². The van der Waals surface area contributed by atoms with Crippen molar-refractivity contribution in [2.45, 2.75) is 46.1 Å². The van der Waals surface area contributed by atoms with Gasteiger partial charge in [-0.1, -0.05) is 6.07 Å². The lowest BCUT2D eigenvalue weighted by Crippen LogP contribution is -2.53. The molecule has 2 aliphatic rings. The Hall–Kier alpha value is -1.79. The van der Waals surface area contributed by atoms with Crippen molar-refractivity contribution in [2.75, 3.05) is 26.2 Å². The number of piperidine rings is 2. The van der Waals surface area contributed by atoms with Gasteiger partial charge >= 0.3 is 0 Å². The van der Waals surface area contributed by atoms with Crippen LogP contribution in [0.5, 0.6) is 0 Å². The van der Waals surface area contributed by atoms with E-state index in [1.54, 1.807) is 0 Å². The summed E-state index contributed by atoms with van der Waals surface area (Å²) in [4.78, 5) is 27.5. The summed E-state index contributed by atoms with van der Waals surface area (Å²) in [6.45, 7) is 8.77. The fraction of sp³-hybridized carbons (Fsp3) is 0.571. The van der Waals surface area contributed by atoms with Crippen LogP contribution in [0.15, 0.2) is 24.4 Å². The average molecular weight is 385 g/mol. The molecule has 2 aromatic rings. The molecule has 4 rings (SSSR count). The van der Waals surface area contributed by atoms with Crippen LogP contribution < -0.4 is 0 Å². The second kappa shape index (κ2) is 7.68. The molecule has 0 saturated carbocycles. The van der Waals surface area contributed by atoms with Crippen LogP contribution in [0.1, 0.15) is 51.8 Å². The molecule has 1 atom stereocenters. The summed E-state index contributed by atoms with van der Waals surface area (Å²) >= 11 is 1.53. The third-order valence-electron chi connectivity index (χ3n) is 5.90. The van der Waals surface area contributed by atoms with E-state index < -0.39 is 0 Å². The SMILES string of the molecule is Cc1nc(C)c(C(=O)N2CCCC3(CCCN(Cc4ccccn4)C3)C2)s1. The lowest BCUT2D eigenvalue weighted by molar-refractivity contribution is 0.0112. The summed E-state index contributed by atoms with van der Waals surface area (Å²) in [7, 11) is 0. The third kappa shape index (κ3) is 4.06. The number of likely N-dealkylation sites (tertiary alicyclic amines) is 2. The van der Waals surface area contributed by atoms with E-state index in [9.17, 15) is 4.79 Å². The van der Waals surface area contributed by atoms with Crippen molar-refractivity contribution < 1.29 is 4.79 Å². The Morgan fingerprint density at radius 1 is 1.19 bits per heavy atom. The molecule has 0 aliphatic carbocycles. The second-order valence-corrected chi connectivity index (χ2v) is 9.32. The molecule has 27 heavy (non-hydrogen) atoms. The van der Waals surface area contributed by atoms with Gasteiger partial charge in [0.25, 0.3) is 5.91 Å². The molecule has 0 aromatic carbocycles. The molecule has 2 aromatic heterocycles. The van der Waals surface area contributed by atoms with Gasteiger partial charge < -0.3 is 4.90 Å². The number of pyridine rings is 1. The molecule has 4 heterocycles. The number of aromatic nitrogens is 2. The molecule has 1 spiro atoms. The van der Waals surface area contributed by atoms with Gasteiger partial charge in [0.05, 0.1) is 16.4 Å². The summed E-state index contributed by atoms with van der Waals surface area (Å²) in [6.07, 6.45) is 6.61. The Labute approximate surface area is 165 Å². The second-order valence-electron chi connectivity index (χ2n) is 8.11. The van der Waals surface area contributed by atoms with Gasteiger partial charge in [-0.3, -0.25) is 14.7 Å². The van der Waals surface area contributed by atoms with Crippen molar-refractivity contribution in [1.82, 2.24) is 19.8 Å². The largest absolute Gasteiger partial charge is 0.337 e. The number of amides is 1. The molecule has 5 nitrogen and oxygen atoms in total. The quantitative estimate of drug-likeness (QED) is 0.810. The highest BCUT2D eigenvalue weighted by molar-refractivity contribution is 7.13. The average Bonchev–Trinajstić information content (AvgIpc) is 3.00. The maximum absolute atomic E-state index is 13.1. The van der Waals surface area contributed by atoms with Crippen molar-refractivity contribution in [3.63, 3.8) is 0 Å².